The Bertz CT molecular complexity index is 4050. The summed E-state index contributed by atoms with van der Waals surface area (Å²) in [5.74, 6) is 1.37. The highest BCUT2D eigenvalue weighted by Crippen LogP contribution is 2.13. The molecular formula is C69H100N22O9S. The molecule has 8 aromatic rings. The largest absolute Gasteiger partial charge is 0.460 e. The predicted molar refractivity (Wildman–Crippen MR) is 383 cm³/mol. The van der Waals surface area contributed by atoms with Gasteiger partial charge in [0.1, 0.15) is 21.0 Å². The number of esters is 1. The van der Waals surface area contributed by atoms with Crippen LogP contribution in [0, 0.1) is 33.1 Å². The van der Waals surface area contributed by atoms with Crippen LogP contribution in [0.4, 0.5) is 4.79 Å². The van der Waals surface area contributed by atoms with E-state index in [0.717, 1.165) is 77.6 Å². The molecule has 0 aliphatic heterocycles. The molecule has 0 fully saturated rings. The van der Waals surface area contributed by atoms with Gasteiger partial charge in [-0.2, -0.15) is 0 Å². The summed E-state index contributed by atoms with van der Waals surface area (Å²) in [5.41, 5.74) is 16.2. The van der Waals surface area contributed by atoms with Gasteiger partial charge in [-0.25, -0.2) is 13.2 Å². The van der Waals surface area contributed by atoms with E-state index in [1.54, 1.807) is 69.0 Å². The molecule has 0 atom stereocenters. The molecule has 0 aliphatic rings. The molecule has 8 rings (SSSR count). The Kier molecular flexibility index (Phi) is 36.6. The van der Waals surface area contributed by atoms with Crippen molar-refractivity contribution in [3.05, 3.63) is 176 Å². The number of ether oxygens (including phenoxy) is 2. The van der Waals surface area contributed by atoms with E-state index in [0.29, 0.717) is 94.5 Å². The lowest BCUT2D eigenvalue weighted by Gasteiger charge is -2.19. The van der Waals surface area contributed by atoms with Crippen molar-refractivity contribution in [1.82, 2.24) is 96.2 Å². The van der Waals surface area contributed by atoms with Crippen LogP contribution in [-0.2, 0) is 89.3 Å². The van der Waals surface area contributed by atoms with Crippen LogP contribution in [0.5, 0.6) is 0 Å². The summed E-state index contributed by atoms with van der Waals surface area (Å²) in [5, 5.41) is 54.5. The summed E-state index contributed by atoms with van der Waals surface area (Å²) >= 11 is 0. The molecule has 31 nitrogen and oxygen atoms in total. The van der Waals surface area contributed by atoms with Crippen LogP contribution in [0.25, 0.3) is 10.4 Å². The summed E-state index contributed by atoms with van der Waals surface area (Å²) in [7, 11) is -3.01. The van der Waals surface area contributed by atoms with E-state index in [4.69, 9.17) is 21.4 Å². The molecule has 4 amide bonds. The normalized spacial score (nSPS) is 10.8. The lowest BCUT2D eigenvalue weighted by molar-refractivity contribution is -0.154. The van der Waals surface area contributed by atoms with Gasteiger partial charge in [0.05, 0.1) is 48.7 Å². The molecule has 3 aromatic carbocycles. The number of amides is 4. The second kappa shape index (κ2) is 43.7. The number of unbranched alkanes of at least 4 members (excludes halogenated alkanes) is 3. The van der Waals surface area contributed by atoms with E-state index in [2.05, 4.69) is 88.8 Å². The Labute approximate surface area is 592 Å². The van der Waals surface area contributed by atoms with Crippen LogP contribution in [-0.4, -0.2) is 149 Å². The van der Waals surface area contributed by atoms with Crippen LogP contribution < -0.4 is 21.3 Å². The number of hydrogen-bond donors (Lipinski definition) is 4. The number of carbonyl (C=O) groups excluding carboxylic acids is 5. The third-order valence-electron chi connectivity index (χ3n) is 13.6. The van der Waals surface area contributed by atoms with Gasteiger partial charge in [-0.15, -0.1) is 31.9 Å². The van der Waals surface area contributed by atoms with Crippen molar-refractivity contribution < 1.29 is 41.9 Å². The van der Waals surface area contributed by atoms with Gasteiger partial charge >= 0.3 is 12.1 Å². The van der Waals surface area contributed by atoms with Gasteiger partial charge in [0.25, 0.3) is 17.7 Å². The van der Waals surface area contributed by atoms with E-state index < -0.39 is 27.1 Å². The van der Waals surface area contributed by atoms with E-state index >= 15 is 0 Å². The number of nitrogens with zero attached hydrogens (tertiary/aromatic N) is 18. The zero-order valence-corrected chi connectivity index (χ0v) is 59.0. The van der Waals surface area contributed by atoms with Crippen LogP contribution in [0.15, 0.2) is 109 Å². The first-order chi connectivity index (χ1) is 47.1. The Morgan fingerprint density at radius 1 is 0.535 bits per heavy atom. The monoisotopic (exact) mass is 1410 g/mol. The van der Waals surface area contributed by atoms with Crippen molar-refractivity contribution in [2.24, 2.45) is 5.11 Å². The first-order valence-corrected chi connectivity index (χ1v) is 34.5. The average Bonchev–Trinajstić information content (AvgIpc) is 1.84. The number of sulfone groups is 1. The zero-order valence-electron chi connectivity index (χ0n) is 58.2. The molecule has 0 radical (unpaired) electrons. The minimum absolute atomic E-state index is 0. The maximum atomic E-state index is 12.3. The van der Waals surface area contributed by atoms with Gasteiger partial charge in [-0.05, 0) is 123 Å². The number of benzene rings is 3. The van der Waals surface area contributed by atoms with Gasteiger partial charge < -0.3 is 30.7 Å². The number of azide groups is 1. The molecule has 0 aliphatic carbocycles. The third kappa shape index (κ3) is 36.1. The standard InChI is InChI=1S/C24H33N7O3.C20H27N7O3S.C15H19N7O.C8H13NO2.2CH4/c1-18-8-7-9-19(14-18)15-25-23(33)21-17-31(29-27-21)13-6-5-12-30-16-20(26-28-30)10-11-22(32)34-24(2,3)4;1-16-6-5-7-17(12-16)13-21-20(28)19-15-27(25-23-19)10-4-3-9-26-14-18(22-24-26)8-11-31(2,29)30;1-12-5-4-6-13(9-12)10-17-15(23)14-11-22(21-19-14)8-3-2-7-18-20-16;1-5-6-9-7(10)11-8(2,3)4;;/h7-9,14,16-17H,5-6,10-13,15H2,1-4H3,(H,25,33);5-7,12,14-15H,3-4,8-11,13H2,1-2H3,(H,21,28);4-6,9,11H,2-3,7-8,10H2,1H3,(H,17,23);1H,6H2,2-4H3,(H,9,10);2*1H4. The molecule has 5 heterocycles. The maximum absolute atomic E-state index is 12.3. The summed E-state index contributed by atoms with van der Waals surface area (Å²) in [4.78, 5) is 61.9. The fraction of sp³-hybridized carbons (Fsp3) is 0.493. The molecule has 0 spiro atoms. The number of rotatable bonds is 31. The first kappa shape index (κ1) is 84.6. The molecule has 101 heavy (non-hydrogen) atoms. The third-order valence-corrected chi connectivity index (χ3v) is 14.5. The predicted octanol–water partition coefficient (Wildman–Crippen LogP) is 9.06. The molecule has 546 valence electrons. The van der Waals surface area contributed by atoms with Gasteiger partial charge in [-0.3, -0.25) is 42.6 Å². The number of terminal acetylenes is 1. The van der Waals surface area contributed by atoms with Crippen molar-refractivity contribution in [1.29, 1.82) is 0 Å². The minimum Gasteiger partial charge on any atom is -0.460 e. The molecule has 0 saturated heterocycles. The molecule has 0 saturated carbocycles. The first-order valence-electron chi connectivity index (χ1n) is 32.4. The number of hydrogen-bond acceptors (Lipinski definition) is 20. The Hall–Kier alpha value is -10.7. The highest BCUT2D eigenvalue weighted by molar-refractivity contribution is 7.90. The minimum atomic E-state index is -3.01. The summed E-state index contributed by atoms with van der Waals surface area (Å²) in [6, 6.07) is 23.9. The Morgan fingerprint density at radius 3 is 1.24 bits per heavy atom. The quantitative estimate of drug-likeness (QED) is 0.00785. The van der Waals surface area contributed by atoms with Crippen molar-refractivity contribution in [2.75, 3.05) is 25.1 Å². The number of carbonyl (C=O) groups is 5. The van der Waals surface area contributed by atoms with Gasteiger partial charge in [0.2, 0.25) is 0 Å². The van der Waals surface area contributed by atoms with Crippen molar-refractivity contribution in [3.63, 3.8) is 0 Å². The van der Waals surface area contributed by atoms with Crippen LogP contribution in [0.1, 0.15) is 178 Å². The average molecular weight is 1410 g/mol. The lowest BCUT2D eigenvalue weighted by atomic mass is 10.1. The van der Waals surface area contributed by atoms with E-state index in [9.17, 15) is 32.4 Å². The fourth-order valence-corrected chi connectivity index (χ4v) is 9.47. The fourth-order valence-electron chi connectivity index (χ4n) is 8.89. The summed E-state index contributed by atoms with van der Waals surface area (Å²) < 4.78 is 41.1. The number of nitrogens with one attached hydrogen (secondary N) is 4. The smallest absolute Gasteiger partial charge is 0.408 e. The molecule has 0 unspecified atom stereocenters. The zero-order chi connectivity index (χ0) is 72.2. The van der Waals surface area contributed by atoms with Crippen molar-refractivity contribution in [3.8, 4) is 12.3 Å². The van der Waals surface area contributed by atoms with E-state index in [1.807, 2.05) is 121 Å². The molecule has 32 heteroatoms. The molecule has 4 N–H and O–H groups in total. The number of aromatic nitrogens is 15. The maximum Gasteiger partial charge on any atom is 0.408 e. The van der Waals surface area contributed by atoms with Gasteiger partial charge in [0, 0.05) is 95.3 Å². The summed E-state index contributed by atoms with van der Waals surface area (Å²) in [6.07, 6.45) is 20.3. The highest BCUT2D eigenvalue weighted by Gasteiger charge is 2.19. The second-order valence-electron chi connectivity index (χ2n) is 25.2. The van der Waals surface area contributed by atoms with Crippen LogP contribution in [0.3, 0.4) is 0 Å². The molecule has 0 bridgehead atoms. The van der Waals surface area contributed by atoms with E-state index in [1.165, 1.54) is 6.26 Å². The van der Waals surface area contributed by atoms with Crippen LogP contribution in [0.2, 0.25) is 0 Å². The summed E-state index contributed by atoms with van der Waals surface area (Å²) in [6.45, 7) is 22.3. The Balaban J connectivity index is 0.000000368. The van der Waals surface area contributed by atoms with E-state index in [-0.39, 0.29) is 57.3 Å². The highest BCUT2D eigenvalue weighted by atomic mass is 32.2. The number of aryl methyl sites for hydroxylation is 10. The SMILES string of the molecule is C.C.C#CCNC(=O)OC(C)(C)C.Cc1cccc(CNC(=O)c2cn(CCCCN=[N+]=[N-])nn2)c1.Cc1cccc(CNC(=O)c2cn(CCCCn3cc(CCC(=O)OC(C)(C)C)nn3)nn2)c1.Cc1cccc(CNC(=O)c2cn(CCCCn3cc(CCS(C)(=O)=O)nn3)nn2)c1. The van der Waals surface area contributed by atoms with Gasteiger partial charge in [-0.1, -0.05) is 141 Å². The van der Waals surface area contributed by atoms with Crippen LogP contribution >= 0.6 is 0 Å². The van der Waals surface area contributed by atoms with Gasteiger partial charge in [0.15, 0.2) is 17.1 Å². The Morgan fingerprint density at radius 2 is 0.891 bits per heavy atom. The van der Waals surface area contributed by atoms with Crippen molar-refractivity contribution in [2.45, 2.75) is 199 Å². The number of alkyl carbamates (subject to hydrolysis) is 1. The lowest BCUT2D eigenvalue weighted by Crippen LogP contribution is -2.32. The molecule has 5 aromatic heterocycles. The second-order valence-corrected chi connectivity index (χ2v) is 27.4. The van der Waals surface area contributed by atoms with Crippen molar-refractivity contribution >= 4 is 39.6 Å². The molecular weight excluding hydrogens is 1310 g/mol. The topological polar surface area (TPSA) is 388 Å².